The third kappa shape index (κ3) is 3.64. The van der Waals surface area contributed by atoms with Crippen molar-refractivity contribution in [1.29, 1.82) is 0 Å². The van der Waals surface area contributed by atoms with E-state index in [0.717, 1.165) is 45.3 Å². The number of carbonyl (C=O) groups excluding carboxylic acids is 2. The zero-order valence-electron chi connectivity index (χ0n) is 16.5. The third-order valence-corrected chi connectivity index (χ3v) is 5.86. The summed E-state index contributed by atoms with van der Waals surface area (Å²) < 4.78 is 17.0. The Bertz CT molecular complexity index is 1230. The first-order valence-electron chi connectivity index (χ1n) is 9.55. The maximum absolute atomic E-state index is 11.8. The van der Waals surface area contributed by atoms with E-state index < -0.39 is 0 Å². The highest BCUT2D eigenvalue weighted by Gasteiger charge is 2.25. The smallest absolute Gasteiger partial charge is 0.290 e. The number of fused-ring (bicyclic) bond motifs is 1. The molecule has 3 aromatic carbocycles. The number of benzene rings is 3. The molecule has 3 aromatic rings. The Morgan fingerprint density at radius 2 is 1.77 bits per heavy atom. The zero-order valence-corrected chi connectivity index (χ0v) is 17.3. The molecule has 154 valence electrons. The van der Waals surface area contributed by atoms with Gasteiger partial charge in [-0.3, -0.25) is 14.9 Å². The SMILES string of the molecule is COc1ccccc1-c1cc(-c2ccc(/C=C3\SC(=O)NC3=O)cc2)cc2c1OCO2. The molecule has 7 heteroatoms. The standard InChI is InChI=1S/C24H17NO5S/c1-28-19-5-3-2-4-17(19)18-11-16(12-20-22(18)30-13-29-20)15-8-6-14(7-9-15)10-21-23(26)25-24(27)31-21/h2-12H,13H2,1H3,(H,25,26,27)/b21-10-. The molecule has 1 fully saturated rings. The Morgan fingerprint density at radius 1 is 0.968 bits per heavy atom. The Hall–Kier alpha value is -3.71. The minimum absolute atomic E-state index is 0.173. The molecule has 2 aliphatic rings. The molecular weight excluding hydrogens is 414 g/mol. The van der Waals surface area contributed by atoms with E-state index in [-0.39, 0.29) is 17.9 Å². The van der Waals surface area contributed by atoms with Gasteiger partial charge < -0.3 is 14.2 Å². The summed E-state index contributed by atoms with van der Waals surface area (Å²) >= 11 is 0.905. The summed E-state index contributed by atoms with van der Waals surface area (Å²) in [5.41, 5.74) is 4.60. The van der Waals surface area contributed by atoms with Crippen molar-refractivity contribution in [2.24, 2.45) is 0 Å². The summed E-state index contributed by atoms with van der Waals surface area (Å²) in [7, 11) is 1.64. The molecule has 0 aliphatic carbocycles. The van der Waals surface area contributed by atoms with Crippen molar-refractivity contribution in [2.75, 3.05) is 13.9 Å². The lowest BCUT2D eigenvalue weighted by molar-refractivity contribution is -0.115. The number of thioether (sulfide) groups is 1. The molecule has 0 aromatic heterocycles. The van der Waals surface area contributed by atoms with Gasteiger partial charge in [-0.25, -0.2) is 0 Å². The van der Waals surface area contributed by atoms with E-state index >= 15 is 0 Å². The molecule has 0 bridgehead atoms. The maximum Gasteiger partial charge on any atom is 0.290 e. The van der Waals surface area contributed by atoms with E-state index in [1.165, 1.54) is 0 Å². The van der Waals surface area contributed by atoms with Crippen LogP contribution in [0.1, 0.15) is 5.56 Å². The summed E-state index contributed by atoms with van der Waals surface area (Å²) in [5, 5.41) is 1.91. The van der Waals surface area contributed by atoms with Crippen LogP contribution in [0, 0.1) is 0 Å². The van der Waals surface area contributed by atoms with Crippen molar-refractivity contribution in [2.45, 2.75) is 0 Å². The van der Waals surface area contributed by atoms with Crippen LogP contribution in [0.25, 0.3) is 28.3 Å². The van der Waals surface area contributed by atoms with Gasteiger partial charge >= 0.3 is 0 Å². The number of amides is 2. The highest BCUT2D eigenvalue weighted by Crippen LogP contribution is 2.46. The van der Waals surface area contributed by atoms with Crippen molar-refractivity contribution >= 4 is 29.0 Å². The predicted molar refractivity (Wildman–Crippen MR) is 119 cm³/mol. The monoisotopic (exact) mass is 431 g/mol. The Balaban J connectivity index is 1.53. The molecular formula is C24H17NO5S. The lowest BCUT2D eigenvalue weighted by Gasteiger charge is -2.13. The summed E-state index contributed by atoms with van der Waals surface area (Å²) in [4.78, 5) is 23.5. The van der Waals surface area contributed by atoms with E-state index in [0.29, 0.717) is 16.4 Å². The molecule has 2 heterocycles. The average Bonchev–Trinajstić information content (AvgIpc) is 3.39. The van der Waals surface area contributed by atoms with Crippen molar-refractivity contribution in [1.82, 2.24) is 5.32 Å². The molecule has 31 heavy (non-hydrogen) atoms. The quantitative estimate of drug-likeness (QED) is 0.581. The van der Waals surface area contributed by atoms with Gasteiger partial charge in [-0.15, -0.1) is 0 Å². The highest BCUT2D eigenvalue weighted by molar-refractivity contribution is 8.18. The number of carbonyl (C=O) groups is 2. The van der Waals surface area contributed by atoms with Crippen molar-refractivity contribution in [3.63, 3.8) is 0 Å². The lowest BCUT2D eigenvalue weighted by atomic mass is 9.96. The van der Waals surface area contributed by atoms with Gasteiger partial charge in [0.15, 0.2) is 11.5 Å². The normalized spacial score (nSPS) is 16.0. The molecule has 0 spiro atoms. The molecule has 0 unspecified atom stereocenters. The molecule has 1 saturated heterocycles. The van der Waals surface area contributed by atoms with Crippen LogP contribution in [-0.4, -0.2) is 25.0 Å². The van der Waals surface area contributed by atoms with Gasteiger partial charge in [0.25, 0.3) is 11.1 Å². The first-order valence-corrected chi connectivity index (χ1v) is 10.4. The van der Waals surface area contributed by atoms with Crippen LogP contribution < -0.4 is 19.5 Å². The number of ether oxygens (including phenoxy) is 3. The predicted octanol–water partition coefficient (Wildman–Crippen LogP) is 5.08. The fourth-order valence-electron chi connectivity index (χ4n) is 3.59. The van der Waals surface area contributed by atoms with Crippen LogP contribution in [0.3, 0.4) is 0 Å². The Kier molecular flexibility index (Phi) is 4.88. The van der Waals surface area contributed by atoms with Crippen molar-refractivity contribution in [3.05, 3.63) is 71.1 Å². The van der Waals surface area contributed by atoms with E-state index in [4.69, 9.17) is 14.2 Å². The lowest BCUT2D eigenvalue weighted by Crippen LogP contribution is -2.17. The highest BCUT2D eigenvalue weighted by atomic mass is 32.2. The fourth-order valence-corrected chi connectivity index (χ4v) is 4.27. The molecule has 0 radical (unpaired) electrons. The Labute approximate surface area is 182 Å². The number of hydrogen-bond donors (Lipinski definition) is 1. The van der Waals surface area contributed by atoms with Crippen LogP contribution >= 0.6 is 11.8 Å². The topological polar surface area (TPSA) is 73.9 Å². The second-order valence-electron chi connectivity index (χ2n) is 6.93. The van der Waals surface area contributed by atoms with E-state index in [2.05, 4.69) is 11.4 Å². The van der Waals surface area contributed by atoms with Gasteiger partial charge in [-0.05, 0) is 52.7 Å². The summed E-state index contributed by atoms with van der Waals surface area (Å²) in [5.74, 6) is 1.77. The van der Waals surface area contributed by atoms with E-state index in [1.54, 1.807) is 13.2 Å². The van der Waals surface area contributed by atoms with Gasteiger partial charge in [0.1, 0.15) is 5.75 Å². The Morgan fingerprint density at radius 3 is 2.52 bits per heavy atom. The second-order valence-corrected chi connectivity index (χ2v) is 7.95. The third-order valence-electron chi connectivity index (χ3n) is 5.05. The minimum atomic E-state index is -0.365. The molecule has 2 amide bonds. The van der Waals surface area contributed by atoms with Crippen molar-refractivity contribution < 1.29 is 23.8 Å². The van der Waals surface area contributed by atoms with E-state index in [1.807, 2.05) is 54.6 Å². The molecule has 1 N–H and O–H groups in total. The van der Waals surface area contributed by atoms with E-state index in [9.17, 15) is 9.59 Å². The maximum atomic E-state index is 11.8. The van der Waals surface area contributed by atoms with Gasteiger partial charge in [0.2, 0.25) is 6.79 Å². The van der Waals surface area contributed by atoms with Gasteiger partial charge in [-0.1, -0.05) is 42.5 Å². The van der Waals surface area contributed by atoms with Crippen LogP contribution in [0.15, 0.2) is 65.6 Å². The molecule has 6 nitrogen and oxygen atoms in total. The average molecular weight is 431 g/mol. The van der Waals surface area contributed by atoms with Crippen molar-refractivity contribution in [3.8, 4) is 39.5 Å². The fraction of sp³-hybridized carbons (Fsp3) is 0.0833. The number of methoxy groups -OCH3 is 1. The molecule has 0 atom stereocenters. The number of imide groups is 1. The number of rotatable bonds is 4. The van der Waals surface area contributed by atoms with Crippen LogP contribution in [0.5, 0.6) is 17.2 Å². The summed E-state index contributed by atoms with van der Waals surface area (Å²) in [6.07, 6.45) is 1.70. The van der Waals surface area contributed by atoms with Gasteiger partial charge in [0, 0.05) is 11.1 Å². The van der Waals surface area contributed by atoms with Gasteiger partial charge in [-0.2, -0.15) is 0 Å². The summed E-state index contributed by atoms with van der Waals surface area (Å²) in [6, 6.07) is 19.5. The largest absolute Gasteiger partial charge is 0.496 e. The van der Waals surface area contributed by atoms with Crippen LogP contribution in [0.4, 0.5) is 4.79 Å². The van der Waals surface area contributed by atoms with Crippen LogP contribution in [-0.2, 0) is 4.79 Å². The second kappa shape index (κ2) is 7.85. The zero-order chi connectivity index (χ0) is 21.4. The molecule has 5 rings (SSSR count). The molecule has 0 saturated carbocycles. The first-order chi connectivity index (χ1) is 15.1. The molecule has 2 aliphatic heterocycles. The number of nitrogens with one attached hydrogen (secondary N) is 1. The van der Waals surface area contributed by atoms with Gasteiger partial charge in [0.05, 0.1) is 12.0 Å². The summed E-state index contributed by atoms with van der Waals surface area (Å²) in [6.45, 7) is 0.173. The van der Waals surface area contributed by atoms with Crippen LogP contribution in [0.2, 0.25) is 0 Å². The number of para-hydroxylation sites is 1. The minimum Gasteiger partial charge on any atom is -0.496 e. The number of hydrogen-bond acceptors (Lipinski definition) is 6. The first kappa shape index (κ1) is 19.3.